The van der Waals surface area contributed by atoms with Crippen LogP contribution in [0.3, 0.4) is 0 Å². The number of hydrogen-bond acceptors (Lipinski definition) is 4. The number of carbonyl (C=O) groups is 3. The third kappa shape index (κ3) is 5.76. The van der Waals surface area contributed by atoms with Gasteiger partial charge in [-0.05, 0) is 47.9 Å². The van der Waals surface area contributed by atoms with E-state index in [9.17, 15) is 19.5 Å². The first-order valence-electron chi connectivity index (χ1n) is 11.9. The van der Waals surface area contributed by atoms with Crippen LogP contribution in [-0.4, -0.2) is 53.2 Å². The molecule has 2 N–H and O–H groups in total. The molecule has 0 aromatic heterocycles. The Labute approximate surface area is 201 Å². The predicted octanol–water partition coefficient (Wildman–Crippen LogP) is 4.65. The molecule has 0 radical (unpaired) electrons. The standard InChI is InChI=1S/C27H34N2O5/c1-5-18(4)29(15-25(30)31)26(32)24(14-17(2)3)28-27(33)34-16-23-21-12-8-6-10-19(21)20-11-7-9-13-22(20)23/h6-13,17-18,23-24H,5,14-16H2,1-4H3,(H,28,33)(H,30,31)/t18?,24-/m1/s1. The molecule has 7 nitrogen and oxygen atoms in total. The van der Waals surface area contributed by atoms with E-state index in [4.69, 9.17) is 4.74 Å². The Kier molecular flexibility index (Phi) is 8.31. The zero-order valence-corrected chi connectivity index (χ0v) is 20.3. The van der Waals surface area contributed by atoms with Crippen LogP contribution >= 0.6 is 0 Å². The van der Waals surface area contributed by atoms with Crippen molar-refractivity contribution in [3.63, 3.8) is 0 Å². The zero-order chi connectivity index (χ0) is 24.8. The Bertz CT molecular complexity index is 990. The average Bonchev–Trinajstić information content (AvgIpc) is 3.13. The fraction of sp³-hybridized carbons (Fsp3) is 0.444. The van der Waals surface area contributed by atoms with Crippen LogP contribution < -0.4 is 5.32 Å². The van der Waals surface area contributed by atoms with E-state index in [1.54, 1.807) is 6.92 Å². The molecule has 0 spiro atoms. The third-order valence-electron chi connectivity index (χ3n) is 6.35. The van der Waals surface area contributed by atoms with E-state index < -0.39 is 30.6 Å². The molecule has 3 rings (SSSR count). The van der Waals surface area contributed by atoms with Gasteiger partial charge in [-0.25, -0.2) is 4.79 Å². The van der Waals surface area contributed by atoms with E-state index >= 15 is 0 Å². The minimum Gasteiger partial charge on any atom is -0.480 e. The second-order valence-electron chi connectivity index (χ2n) is 9.27. The molecule has 0 aliphatic heterocycles. The van der Waals surface area contributed by atoms with Gasteiger partial charge in [0, 0.05) is 12.0 Å². The second-order valence-corrected chi connectivity index (χ2v) is 9.27. The van der Waals surface area contributed by atoms with E-state index in [2.05, 4.69) is 17.4 Å². The summed E-state index contributed by atoms with van der Waals surface area (Å²) in [5.41, 5.74) is 4.49. The third-order valence-corrected chi connectivity index (χ3v) is 6.35. The number of fused-ring (bicyclic) bond motifs is 3. The predicted molar refractivity (Wildman–Crippen MR) is 131 cm³/mol. The van der Waals surface area contributed by atoms with Gasteiger partial charge in [-0.3, -0.25) is 9.59 Å². The topological polar surface area (TPSA) is 95.9 Å². The Balaban J connectivity index is 1.72. The summed E-state index contributed by atoms with van der Waals surface area (Å²) in [6.07, 6.45) is 0.314. The molecule has 2 amide bonds. The van der Waals surface area contributed by atoms with Crippen molar-refractivity contribution >= 4 is 18.0 Å². The number of rotatable bonds is 10. The van der Waals surface area contributed by atoms with Gasteiger partial charge in [0.25, 0.3) is 0 Å². The van der Waals surface area contributed by atoms with Crippen LogP contribution in [0.4, 0.5) is 4.79 Å². The molecule has 2 atom stereocenters. The molecule has 34 heavy (non-hydrogen) atoms. The molecule has 2 aromatic carbocycles. The number of benzene rings is 2. The lowest BCUT2D eigenvalue weighted by Crippen LogP contribution is -2.53. The molecule has 0 heterocycles. The number of ether oxygens (including phenoxy) is 1. The van der Waals surface area contributed by atoms with Gasteiger partial charge in [0.1, 0.15) is 19.2 Å². The van der Waals surface area contributed by atoms with Gasteiger partial charge in [-0.1, -0.05) is 69.3 Å². The number of aliphatic carboxylic acids is 1. The fourth-order valence-electron chi connectivity index (χ4n) is 4.49. The maximum absolute atomic E-state index is 13.2. The van der Waals surface area contributed by atoms with Crippen molar-refractivity contribution < 1.29 is 24.2 Å². The smallest absolute Gasteiger partial charge is 0.407 e. The summed E-state index contributed by atoms with van der Waals surface area (Å²) >= 11 is 0. The van der Waals surface area contributed by atoms with Crippen molar-refractivity contribution in [2.75, 3.05) is 13.2 Å². The second kappa shape index (κ2) is 11.2. The molecule has 2 aromatic rings. The van der Waals surface area contributed by atoms with Gasteiger partial charge in [0.15, 0.2) is 0 Å². The summed E-state index contributed by atoms with van der Waals surface area (Å²) in [6.45, 7) is 7.33. The summed E-state index contributed by atoms with van der Waals surface area (Å²) in [7, 11) is 0. The van der Waals surface area contributed by atoms with Gasteiger partial charge >= 0.3 is 12.1 Å². The van der Waals surface area contributed by atoms with E-state index in [1.165, 1.54) is 4.90 Å². The monoisotopic (exact) mass is 466 g/mol. The average molecular weight is 467 g/mol. The number of hydrogen-bond donors (Lipinski definition) is 2. The minimum absolute atomic E-state index is 0.0824. The number of amides is 2. The number of nitrogens with one attached hydrogen (secondary N) is 1. The molecular weight excluding hydrogens is 432 g/mol. The van der Waals surface area contributed by atoms with Crippen molar-refractivity contribution in [2.24, 2.45) is 5.92 Å². The molecule has 0 bridgehead atoms. The summed E-state index contributed by atoms with van der Waals surface area (Å²) in [5.74, 6) is -1.45. The highest BCUT2D eigenvalue weighted by atomic mass is 16.5. The van der Waals surface area contributed by atoms with Crippen LogP contribution in [0, 0.1) is 5.92 Å². The Morgan fingerprint density at radius 2 is 1.56 bits per heavy atom. The molecule has 182 valence electrons. The molecule has 1 aliphatic rings. The highest BCUT2D eigenvalue weighted by Crippen LogP contribution is 2.44. The molecular formula is C27H34N2O5. The van der Waals surface area contributed by atoms with Crippen molar-refractivity contribution in [1.29, 1.82) is 0 Å². The van der Waals surface area contributed by atoms with Gasteiger partial charge < -0.3 is 20.1 Å². The highest BCUT2D eigenvalue weighted by molar-refractivity contribution is 5.88. The quantitative estimate of drug-likeness (QED) is 0.531. The van der Waals surface area contributed by atoms with Gasteiger partial charge in [0.2, 0.25) is 5.91 Å². The van der Waals surface area contributed by atoms with Crippen molar-refractivity contribution in [3.8, 4) is 11.1 Å². The Hall–Kier alpha value is -3.35. The van der Waals surface area contributed by atoms with Crippen LogP contribution in [0.1, 0.15) is 57.6 Å². The molecule has 0 saturated carbocycles. The molecule has 1 aliphatic carbocycles. The van der Waals surface area contributed by atoms with Crippen molar-refractivity contribution in [2.45, 2.75) is 58.5 Å². The van der Waals surface area contributed by atoms with Crippen LogP contribution in [0.2, 0.25) is 0 Å². The number of nitrogens with zero attached hydrogens (tertiary/aromatic N) is 1. The zero-order valence-electron chi connectivity index (χ0n) is 20.3. The summed E-state index contributed by atoms with van der Waals surface area (Å²) in [4.78, 5) is 38.7. The normalized spacial score (nSPS) is 14.1. The number of carboxylic acid groups (broad SMARTS) is 1. The van der Waals surface area contributed by atoms with Gasteiger partial charge in [-0.15, -0.1) is 0 Å². The molecule has 1 unspecified atom stereocenters. The van der Waals surface area contributed by atoms with Crippen LogP contribution in [-0.2, 0) is 14.3 Å². The van der Waals surface area contributed by atoms with Gasteiger partial charge in [-0.2, -0.15) is 0 Å². The maximum atomic E-state index is 13.2. The molecule has 7 heteroatoms. The number of carbonyl (C=O) groups excluding carboxylic acids is 2. The lowest BCUT2D eigenvalue weighted by molar-refractivity contribution is -0.147. The summed E-state index contributed by atoms with van der Waals surface area (Å²) in [5, 5.41) is 12.0. The molecule has 0 fully saturated rings. The Morgan fingerprint density at radius 3 is 2.06 bits per heavy atom. The fourth-order valence-corrected chi connectivity index (χ4v) is 4.49. The van der Waals surface area contributed by atoms with Crippen molar-refractivity contribution in [3.05, 3.63) is 59.7 Å². The summed E-state index contributed by atoms with van der Waals surface area (Å²) < 4.78 is 5.61. The lowest BCUT2D eigenvalue weighted by atomic mass is 9.98. The van der Waals surface area contributed by atoms with E-state index in [0.717, 1.165) is 22.3 Å². The first-order chi connectivity index (χ1) is 16.2. The van der Waals surface area contributed by atoms with Crippen LogP contribution in [0.15, 0.2) is 48.5 Å². The first-order valence-corrected chi connectivity index (χ1v) is 11.9. The minimum atomic E-state index is -1.09. The maximum Gasteiger partial charge on any atom is 0.407 e. The van der Waals surface area contributed by atoms with E-state index in [1.807, 2.05) is 57.2 Å². The van der Waals surface area contributed by atoms with Crippen LogP contribution in [0.5, 0.6) is 0 Å². The van der Waals surface area contributed by atoms with E-state index in [0.29, 0.717) is 12.8 Å². The van der Waals surface area contributed by atoms with Gasteiger partial charge in [0.05, 0.1) is 0 Å². The lowest BCUT2D eigenvalue weighted by Gasteiger charge is -2.31. The molecule has 0 saturated heterocycles. The SMILES string of the molecule is CCC(C)N(CC(=O)O)C(=O)[C@@H](CC(C)C)NC(=O)OCC1c2ccccc2-c2ccccc21. The highest BCUT2D eigenvalue weighted by Gasteiger charge is 2.32. The van der Waals surface area contributed by atoms with Crippen molar-refractivity contribution in [1.82, 2.24) is 10.2 Å². The number of alkyl carbamates (subject to hydrolysis) is 1. The van der Waals surface area contributed by atoms with Crippen LogP contribution in [0.25, 0.3) is 11.1 Å². The van der Waals surface area contributed by atoms with E-state index in [-0.39, 0.29) is 24.5 Å². The summed E-state index contributed by atoms with van der Waals surface area (Å²) in [6, 6.07) is 15.0. The first kappa shape index (κ1) is 25.3. The number of carboxylic acids is 1. The Morgan fingerprint density at radius 1 is 1.00 bits per heavy atom. The largest absolute Gasteiger partial charge is 0.480 e.